The number of esters is 1. The minimum absolute atomic E-state index is 0.218. The number of fused-ring (bicyclic) bond motifs is 1. The van der Waals surface area contributed by atoms with Gasteiger partial charge in [0.1, 0.15) is 23.2 Å². The van der Waals surface area contributed by atoms with Gasteiger partial charge in [0.15, 0.2) is 0 Å². The summed E-state index contributed by atoms with van der Waals surface area (Å²) in [5, 5.41) is 3.10. The number of methoxy groups -OCH3 is 1. The summed E-state index contributed by atoms with van der Waals surface area (Å²) in [6.07, 6.45) is 1.51. The van der Waals surface area contributed by atoms with Crippen molar-refractivity contribution in [2.45, 2.75) is 18.4 Å². The number of ether oxygens (including phenoxy) is 1. The molecule has 1 saturated heterocycles. The summed E-state index contributed by atoms with van der Waals surface area (Å²) in [6, 6.07) is 8.43. The van der Waals surface area contributed by atoms with Crippen LogP contribution in [0.25, 0.3) is 22.3 Å². The van der Waals surface area contributed by atoms with Gasteiger partial charge in [-0.15, -0.1) is 0 Å². The van der Waals surface area contributed by atoms with E-state index in [1.165, 1.54) is 45.5 Å². The van der Waals surface area contributed by atoms with Crippen molar-refractivity contribution < 1.29 is 31.6 Å². The molecule has 2 heterocycles. The highest BCUT2D eigenvalue weighted by Gasteiger charge is 2.38. The number of carbonyl (C=O) groups is 2. The molecule has 1 N–H and O–H groups in total. The molecular weight excluding hydrogens is 489 g/mol. The van der Waals surface area contributed by atoms with Crippen molar-refractivity contribution in [1.29, 1.82) is 0 Å². The SMILES string of the molecule is CNC(=O)c1c(-c2ccc(F)cc2)oc2cc(N(C)S(C)(=O)=O)c(C3CC(C(=O)OC)N(C)C3)cc12. The molecule has 1 aliphatic heterocycles. The Balaban J connectivity index is 1.97. The molecule has 2 atom stereocenters. The number of sulfonamides is 1. The number of halogens is 1. The summed E-state index contributed by atoms with van der Waals surface area (Å²) in [6.45, 7) is 0.480. The third-order valence-corrected chi connectivity index (χ3v) is 7.89. The van der Waals surface area contributed by atoms with Crippen molar-refractivity contribution in [2.24, 2.45) is 0 Å². The molecule has 1 fully saturated rings. The zero-order valence-electron chi connectivity index (χ0n) is 20.7. The number of furan rings is 1. The monoisotopic (exact) mass is 517 g/mol. The van der Waals surface area contributed by atoms with E-state index in [0.717, 1.165) is 10.6 Å². The Labute approximate surface area is 208 Å². The second-order valence-electron chi connectivity index (χ2n) is 8.94. The van der Waals surface area contributed by atoms with E-state index in [1.54, 1.807) is 19.2 Å². The number of hydrogen-bond acceptors (Lipinski definition) is 7. The lowest BCUT2D eigenvalue weighted by Crippen LogP contribution is -2.33. The van der Waals surface area contributed by atoms with E-state index in [0.29, 0.717) is 40.7 Å². The number of nitrogens with one attached hydrogen (secondary N) is 1. The number of rotatable bonds is 6. The van der Waals surface area contributed by atoms with E-state index >= 15 is 0 Å². The fourth-order valence-electron chi connectivity index (χ4n) is 4.72. The highest BCUT2D eigenvalue weighted by atomic mass is 32.2. The van der Waals surface area contributed by atoms with Gasteiger partial charge < -0.3 is 14.5 Å². The summed E-state index contributed by atoms with van der Waals surface area (Å²) in [5.41, 5.74) is 2.10. The molecule has 36 heavy (non-hydrogen) atoms. The standard InChI is InChI=1S/C25H28FN3O6S/c1-27-24(30)22-18-11-17(15-10-20(25(31)34-4)28(2)13-15)19(29(3)36(5,32)33)12-21(18)35-23(22)14-6-8-16(26)9-7-14/h6-9,11-12,15,20H,10,13H2,1-5H3,(H,27,30). The largest absolute Gasteiger partial charge is 0.468 e. The molecule has 0 bridgehead atoms. The zero-order valence-corrected chi connectivity index (χ0v) is 21.5. The Bertz CT molecular complexity index is 1430. The highest BCUT2D eigenvalue weighted by molar-refractivity contribution is 7.92. The second kappa shape index (κ2) is 9.55. The van der Waals surface area contributed by atoms with Gasteiger partial charge in [0, 0.05) is 43.6 Å². The molecule has 11 heteroatoms. The number of nitrogens with zero attached hydrogens (tertiary/aromatic N) is 2. The summed E-state index contributed by atoms with van der Waals surface area (Å²) in [5.74, 6) is -1.18. The maximum Gasteiger partial charge on any atom is 0.323 e. The van der Waals surface area contributed by atoms with Crippen molar-refractivity contribution in [3.63, 3.8) is 0 Å². The second-order valence-corrected chi connectivity index (χ2v) is 11.0. The summed E-state index contributed by atoms with van der Waals surface area (Å²) in [7, 11) is 2.44. The van der Waals surface area contributed by atoms with Crippen molar-refractivity contribution in [3.8, 4) is 11.3 Å². The van der Waals surface area contributed by atoms with Crippen molar-refractivity contribution in [3.05, 3.63) is 53.3 Å². The molecule has 4 rings (SSSR count). The van der Waals surface area contributed by atoms with Crippen LogP contribution in [-0.2, 0) is 19.6 Å². The summed E-state index contributed by atoms with van der Waals surface area (Å²) < 4.78 is 50.7. The number of likely N-dealkylation sites (N-methyl/N-ethyl adjacent to an activating group) is 1. The first-order chi connectivity index (χ1) is 17.0. The van der Waals surface area contributed by atoms with Crippen LogP contribution in [0.3, 0.4) is 0 Å². The number of amides is 1. The lowest BCUT2D eigenvalue weighted by Gasteiger charge is -2.23. The first-order valence-corrected chi connectivity index (χ1v) is 13.1. The summed E-state index contributed by atoms with van der Waals surface area (Å²) >= 11 is 0. The van der Waals surface area contributed by atoms with Gasteiger partial charge >= 0.3 is 5.97 Å². The average molecular weight is 518 g/mol. The average Bonchev–Trinajstić information content (AvgIpc) is 3.41. The predicted molar refractivity (Wildman–Crippen MR) is 134 cm³/mol. The Kier molecular flexibility index (Phi) is 6.80. The highest BCUT2D eigenvalue weighted by Crippen LogP contribution is 2.43. The maximum atomic E-state index is 13.5. The fourth-order valence-corrected chi connectivity index (χ4v) is 5.23. The van der Waals surface area contributed by atoms with Gasteiger partial charge in [0.25, 0.3) is 5.91 Å². The predicted octanol–water partition coefficient (Wildman–Crippen LogP) is 2.96. The minimum atomic E-state index is -3.64. The molecule has 2 aromatic carbocycles. The van der Waals surface area contributed by atoms with Gasteiger partial charge in [-0.1, -0.05) is 0 Å². The van der Waals surface area contributed by atoms with E-state index in [4.69, 9.17) is 9.15 Å². The minimum Gasteiger partial charge on any atom is -0.468 e. The van der Waals surface area contributed by atoms with Crippen LogP contribution in [0.1, 0.15) is 28.3 Å². The van der Waals surface area contributed by atoms with Gasteiger partial charge in [0.05, 0.1) is 24.6 Å². The first-order valence-electron chi connectivity index (χ1n) is 11.3. The van der Waals surface area contributed by atoms with Crippen molar-refractivity contribution in [1.82, 2.24) is 10.2 Å². The van der Waals surface area contributed by atoms with E-state index in [-0.39, 0.29) is 23.2 Å². The molecule has 0 radical (unpaired) electrons. The van der Waals surface area contributed by atoms with Crippen LogP contribution >= 0.6 is 0 Å². The number of carbonyl (C=O) groups excluding carboxylic acids is 2. The smallest absolute Gasteiger partial charge is 0.323 e. The zero-order chi connectivity index (χ0) is 26.4. The molecule has 2 unspecified atom stereocenters. The van der Waals surface area contributed by atoms with Crippen LogP contribution in [0.2, 0.25) is 0 Å². The Morgan fingerprint density at radius 3 is 2.47 bits per heavy atom. The van der Waals surface area contributed by atoms with Gasteiger partial charge in [-0.2, -0.15) is 0 Å². The Hall–Kier alpha value is -3.44. The molecular formula is C25H28FN3O6S. The van der Waals surface area contributed by atoms with Gasteiger partial charge in [-0.05, 0) is 49.4 Å². The molecule has 9 nitrogen and oxygen atoms in total. The Morgan fingerprint density at radius 2 is 1.89 bits per heavy atom. The van der Waals surface area contributed by atoms with Crippen LogP contribution in [0.15, 0.2) is 40.8 Å². The van der Waals surface area contributed by atoms with Crippen LogP contribution in [-0.4, -0.2) is 72.3 Å². The number of benzene rings is 2. The quantitative estimate of drug-likeness (QED) is 0.501. The molecule has 0 saturated carbocycles. The van der Waals surface area contributed by atoms with Crippen LogP contribution in [0, 0.1) is 5.82 Å². The Morgan fingerprint density at radius 1 is 1.22 bits per heavy atom. The lowest BCUT2D eigenvalue weighted by molar-refractivity contribution is -0.145. The number of likely N-dealkylation sites (tertiary alicyclic amines) is 1. The molecule has 0 spiro atoms. The van der Waals surface area contributed by atoms with E-state index < -0.39 is 27.8 Å². The first kappa shape index (κ1) is 25.6. The van der Waals surface area contributed by atoms with Crippen molar-refractivity contribution in [2.75, 3.05) is 45.4 Å². The van der Waals surface area contributed by atoms with Gasteiger partial charge in [-0.25, -0.2) is 12.8 Å². The van der Waals surface area contributed by atoms with E-state index in [9.17, 15) is 22.4 Å². The normalized spacial score (nSPS) is 18.4. The topological polar surface area (TPSA) is 109 Å². The number of anilines is 1. The van der Waals surface area contributed by atoms with Gasteiger partial charge in [0.2, 0.25) is 10.0 Å². The molecule has 0 aliphatic carbocycles. The van der Waals surface area contributed by atoms with Crippen molar-refractivity contribution >= 4 is 38.6 Å². The van der Waals surface area contributed by atoms with E-state index in [1.807, 2.05) is 4.90 Å². The number of hydrogen-bond donors (Lipinski definition) is 1. The molecule has 192 valence electrons. The molecule has 1 aliphatic rings. The third kappa shape index (κ3) is 4.56. The molecule has 1 amide bonds. The van der Waals surface area contributed by atoms with E-state index in [2.05, 4.69) is 5.32 Å². The lowest BCUT2D eigenvalue weighted by atomic mass is 9.92. The van der Waals surface area contributed by atoms with Crippen LogP contribution in [0.5, 0.6) is 0 Å². The fraction of sp³-hybridized carbons (Fsp3) is 0.360. The maximum absolute atomic E-state index is 13.5. The summed E-state index contributed by atoms with van der Waals surface area (Å²) in [4.78, 5) is 27.1. The van der Waals surface area contributed by atoms with Gasteiger partial charge in [-0.3, -0.25) is 18.8 Å². The molecule has 1 aromatic heterocycles. The van der Waals surface area contributed by atoms with Crippen LogP contribution < -0.4 is 9.62 Å². The van der Waals surface area contributed by atoms with Crippen LogP contribution in [0.4, 0.5) is 10.1 Å². The third-order valence-electron chi connectivity index (χ3n) is 6.70. The molecule has 3 aromatic rings.